The van der Waals surface area contributed by atoms with Gasteiger partial charge in [0.25, 0.3) is 0 Å². The van der Waals surface area contributed by atoms with Crippen LogP contribution < -0.4 is 4.72 Å². The first kappa shape index (κ1) is 18.2. The van der Waals surface area contributed by atoms with Crippen LogP contribution in [0.5, 0.6) is 0 Å². The number of nitrogens with one attached hydrogen (secondary N) is 1. The van der Waals surface area contributed by atoms with Crippen molar-refractivity contribution >= 4 is 10.0 Å². The monoisotopic (exact) mass is 316 g/mol. The number of aliphatic hydroxyl groups excluding tert-OH is 1. The fraction of sp³-hybridized carbons (Fsp3) is 0.733. The first-order valence-corrected chi connectivity index (χ1v) is 9.25. The van der Waals surface area contributed by atoms with Crippen molar-refractivity contribution in [2.24, 2.45) is 0 Å². The molecule has 2 N–H and O–H groups in total. The third kappa shape index (κ3) is 5.45. The predicted octanol–water partition coefficient (Wildman–Crippen LogP) is 2.64. The lowest BCUT2D eigenvalue weighted by Crippen LogP contribution is -2.32. The van der Waals surface area contributed by atoms with E-state index in [1.807, 2.05) is 13.8 Å². The van der Waals surface area contributed by atoms with Crippen molar-refractivity contribution in [2.75, 3.05) is 0 Å². The van der Waals surface area contributed by atoms with E-state index in [4.69, 9.17) is 0 Å². The summed E-state index contributed by atoms with van der Waals surface area (Å²) >= 11 is 0. The van der Waals surface area contributed by atoms with Crippen molar-refractivity contribution in [1.29, 1.82) is 0 Å². The topological polar surface area (TPSA) is 71.3 Å². The molecule has 5 nitrogen and oxygen atoms in total. The highest BCUT2D eigenvalue weighted by atomic mass is 32.2. The summed E-state index contributed by atoms with van der Waals surface area (Å²) in [6.07, 6.45) is 6.61. The van der Waals surface area contributed by atoms with E-state index in [1.165, 1.54) is 0 Å². The van der Waals surface area contributed by atoms with E-state index < -0.39 is 10.0 Å². The average molecular weight is 316 g/mol. The lowest BCUT2D eigenvalue weighted by Gasteiger charge is -2.13. The van der Waals surface area contributed by atoms with Gasteiger partial charge in [-0.3, -0.25) is 0 Å². The smallest absolute Gasteiger partial charge is 0.242 e. The summed E-state index contributed by atoms with van der Waals surface area (Å²) in [4.78, 5) is 0.238. The van der Waals surface area contributed by atoms with Gasteiger partial charge in [-0.2, -0.15) is 0 Å². The van der Waals surface area contributed by atoms with Crippen LogP contribution in [0.3, 0.4) is 0 Å². The molecule has 1 aromatic rings. The maximum absolute atomic E-state index is 12.4. The van der Waals surface area contributed by atoms with Crippen LogP contribution in [-0.2, 0) is 23.2 Å². The summed E-state index contributed by atoms with van der Waals surface area (Å²) in [6, 6.07) is 1.48. The molecule has 0 radical (unpaired) electrons. The van der Waals surface area contributed by atoms with Gasteiger partial charge in [0.05, 0.1) is 11.5 Å². The zero-order chi connectivity index (χ0) is 15.9. The summed E-state index contributed by atoms with van der Waals surface area (Å²) in [5, 5.41) is 9.31. The first-order chi connectivity index (χ1) is 9.94. The molecule has 0 bridgehead atoms. The van der Waals surface area contributed by atoms with Gasteiger partial charge in [0.1, 0.15) is 0 Å². The Morgan fingerprint density at radius 3 is 2.57 bits per heavy atom. The van der Waals surface area contributed by atoms with E-state index in [0.29, 0.717) is 12.2 Å². The zero-order valence-electron chi connectivity index (χ0n) is 13.3. The average Bonchev–Trinajstić information content (AvgIpc) is 2.83. The Hall–Kier alpha value is -0.850. The maximum Gasteiger partial charge on any atom is 0.242 e. The number of nitrogens with zero attached hydrogens (tertiary/aromatic N) is 1. The van der Waals surface area contributed by atoms with Crippen LogP contribution in [0.4, 0.5) is 0 Å². The Balaban J connectivity index is 2.77. The standard InChI is InChI=1S/C15H28N2O3S/c1-4-6-7-8-13(3)16-21(19,20)15-10-14(12-18)17(11-15)9-5-2/h10-11,13,16,18H,4-9,12H2,1-3H3. The summed E-state index contributed by atoms with van der Waals surface area (Å²) < 4.78 is 29.2. The molecule has 0 aliphatic carbocycles. The fourth-order valence-corrected chi connectivity index (χ4v) is 3.69. The Bertz CT molecular complexity index is 523. The van der Waals surface area contributed by atoms with E-state index in [9.17, 15) is 13.5 Å². The second-order valence-corrected chi connectivity index (χ2v) is 7.25. The first-order valence-electron chi connectivity index (χ1n) is 7.76. The minimum atomic E-state index is -3.51. The molecule has 0 spiro atoms. The number of hydrogen-bond acceptors (Lipinski definition) is 3. The van der Waals surface area contributed by atoms with Gasteiger partial charge in [-0.1, -0.05) is 33.1 Å². The second-order valence-electron chi connectivity index (χ2n) is 5.54. The van der Waals surface area contributed by atoms with Gasteiger partial charge in [-0.25, -0.2) is 13.1 Å². The maximum atomic E-state index is 12.4. The molecule has 0 saturated heterocycles. The Labute approximate surface area is 128 Å². The largest absolute Gasteiger partial charge is 0.390 e. The van der Waals surface area contributed by atoms with Crippen LogP contribution in [0, 0.1) is 0 Å². The van der Waals surface area contributed by atoms with Crippen LogP contribution in [-0.4, -0.2) is 24.1 Å². The molecule has 0 aliphatic rings. The van der Waals surface area contributed by atoms with Crippen molar-refractivity contribution < 1.29 is 13.5 Å². The van der Waals surface area contributed by atoms with E-state index in [1.54, 1.807) is 16.8 Å². The van der Waals surface area contributed by atoms with Crippen molar-refractivity contribution in [2.45, 2.75) is 77.0 Å². The van der Waals surface area contributed by atoms with Crippen LogP contribution in [0.2, 0.25) is 0 Å². The molecule has 1 aromatic heterocycles. The molecule has 0 amide bonds. The second kappa shape index (κ2) is 8.56. The SMILES string of the molecule is CCCCCC(C)NS(=O)(=O)c1cc(CO)n(CCC)c1. The number of hydrogen-bond donors (Lipinski definition) is 2. The molecule has 122 valence electrons. The number of aryl methyl sites for hydroxylation is 1. The van der Waals surface area contributed by atoms with Gasteiger partial charge in [-0.05, 0) is 25.8 Å². The number of unbranched alkanes of at least 4 members (excludes halogenated alkanes) is 2. The third-order valence-corrected chi connectivity index (χ3v) is 5.05. The lowest BCUT2D eigenvalue weighted by atomic mass is 10.1. The quantitative estimate of drug-likeness (QED) is 0.652. The van der Waals surface area contributed by atoms with E-state index in [0.717, 1.165) is 32.1 Å². The molecule has 1 rings (SSSR count). The van der Waals surface area contributed by atoms with E-state index >= 15 is 0 Å². The van der Waals surface area contributed by atoms with Gasteiger partial charge in [0, 0.05) is 24.5 Å². The van der Waals surface area contributed by atoms with Gasteiger partial charge in [0.15, 0.2) is 0 Å². The number of aromatic nitrogens is 1. The normalized spacial score (nSPS) is 13.5. The van der Waals surface area contributed by atoms with Crippen LogP contribution >= 0.6 is 0 Å². The van der Waals surface area contributed by atoms with Crippen molar-refractivity contribution in [1.82, 2.24) is 9.29 Å². The number of rotatable bonds is 10. The highest BCUT2D eigenvalue weighted by Gasteiger charge is 2.20. The van der Waals surface area contributed by atoms with Crippen molar-refractivity contribution in [3.8, 4) is 0 Å². The molecule has 21 heavy (non-hydrogen) atoms. The molecule has 1 atom stereocenters. The lowest BCUT2D eigenvalue weighted by molar-refractivity contribution is 0.270. The highest BCUT2D eigenvalue weighted by molar-refractivity contribution is 7.89. The number of aliphatic hydroxyl groups is 1. The third-order valence-electron chi connectivity index (χ3n) is 3.49. The Morgan fingerprint density at radius 2 is 2.00 bits per heavy atom. The van der Waals surface area contributed by atoms with Gasteiger partial charge < -0.3 is 9.67 Å². The summed E-state index contributed by atoms with van der Waals surface area (Å²) in [5.41, 5.74) is 0.635. The molecule has 0 fully saturated rings. The molecule has 1 heterocycles. The van der Waals surface area contributed by atoms with Crippen molar-refractivity contribution in [3.63, 3.8) is 0 Å². The minimum absolute atomic E-state index is 0.0753. The van der Waals surface area contributed by atoms with Crippen molar-refractivity contribution in [3.05, 3.63) is 18.0 Å². The molecular weight excluding hydrogens is 288 g/mol. The zero-order valence-corrected chi connectivity index (χ0v) is 14.1. The minimum Gasteiger partial charge on any atom is -0.390 e. The summed E-state index contributed by atoms with van der Waals surface area (Å²) in [6.45, 7) is 6.59. The van der Waals surface area contributed by atoms with Crippen LogP contribution in [0.25, 0.3) is 0 Å². The highest BCUT2D eigenvalue weighted by Crippen LogP contribution is 2.16. The molecule has 0 aliphatic heterocycles. The van der Waals surface area contributed by atoms with E-state index in [-0.39, 0.29) is 17.5 Å². The summed E-state index contributed by atoms with van der Waals surface area (Å²) in [7, 11) is -3.51. The Kier molecular flexibility index (Phi) is 7.42. The van der Waals surface area contributed by atoms with Gasteiger partial charge in [0.2, 0.25) is 10.0 Å². The molecule has 0 saturated carbocycles. The molecule has 6 heteroatoms. The Morgan fingerprint density at radius 1 is 1.29 bits per heavy atom. The number of sulfonamides is 1. The van der Waals surface area contributed by atoms with Crippen LogP contribution in [0.15, 0.2) is 17.2 Å². The van der Waals surface area contributed by atoms with Crippen LogP contribution in [0.1, 0.15) is 58.6 Å². The molecule has 0 aromatic carbocycles. The van der Waals surface area contributed by atoms with Gasteiger partial charge in [-0.15, -0.1) is 0 Å². The molecule has 1 unspecified atom stereocenters. The fourth-order valence-electron chi connectivity index (χ4n) is 2.35. The molecular formula is C15H28N2O3S. The van der Waals surface area contributed by atoms with Gasteiger partial charge >= 0.3 is 0 Å². The van der Waals surface area contributed by atoms with E-state index in [2.05, 4.69) is 11.6 Å². The summed E-state index contributed by atoms with van der Waals surface area (Å²) in [5.74, 6) is 0. The predicted molar refractivity (Wildman–Crippen MR) is 84.6 cm³/mol.